The van der Waals surface area contributed by atoms with Gasteiger partial charge in [-0.2, -0.15) is 0 Å². The Kier molecular flexibility index (Phi) is 6.96. The van der Waals surface area contributed by atoms with E-state index in [1.165, 1.54) is 28.5 Å². The van der Waals surface area contributed by atoms with E-state index in [0.717, 1.165) is 26.1 Å². The van der Waals surface area contributed by atoms with Crippen LogP contribution in [-0.2, 0) is 13.0 Å². The summed E-state index contributed by atoms with van der Waals surface area (Å²) in [5.74, 6) is 0. The molecule has 1 aromatic rings. The summed E-state index contributed by atoms with van der Waals surface area (Å²) in [6.07, 6.45) is 3.49. The van der Waals surface area contributed by atoms with Crippen molar-refractivity contribution in [3.05, 3.63) is 10.6 Å². The molecule has 1 rings (SSSR count). The lowest BCUT2D eigenvalue weighted by atomic mass is 10.1. The van der Waals surface area contributed by atoms with E-state index in [0.29, 0.717) is 0 Å². The third-order valence-electron chi connectivity index (χ3n) is 3.31. The van der Waals surface area contributed by atoms with Gasteiger partial charge in [0.1, 0.15) is 0 Å². The summed E-state index contributed by atoms with van der Waals surface area (Å²) in [5.41, 5.74) is 1.42. The van der Waals surface area contributed by atoms with Crippen LogP contribution in [0, 0.1) is 0 Å². The van der Waals surface area contributed by atoms with Gasteiger partial charge in [0.2, 0.25) is 0 Å². The maximum atomic E-state index is 4.86. The highest BCUT2D eigenvalue weighted by Gasteiger charge is 2.16. The zero-order valence-corrected chi connectivity index (χ0v) is 14.9. The molecule has 0 atom stereocenters. The number of aromatic nitrogens is 1. The van der Waals surface area contributed by atoms with Crippen LogP contribution in [0.25, 0.3) is 0 Å². The molecule has 1 heterocycles. The maximum Gasteiger partial charge on any atom is 0.185 e. The fourth-order valence-electron chi connectivity index (χ4n) is 2.00. The predicted molar refractivity (Wildman–Crippen MR) is 90.9 cm³/mol. The second-order valence-electron chi connectivity index (χ2n) is 6.26. The first-order valence-corrected chi connectivity index (χ1v) is 8.71. The smallest absolute Gasteiger partial charge is 0.185 e. The van der Waals surface area contributed by atoms with Crippen molar-refractivity contribution in [1.29, 1.82) is 0 Å². The van der Waals surface area contributed by atoms with E-state index in [2.05, 4.69) is 51.8 Å². The molecule has 0 amide bonds. The number of thiazole rings is 1. The summed E-state index contributed by atoms with van der Waals surface area (Å²) in [4.78, 5) is 8.66. The average molecular weight is 298 g/mol. The number of hydrogen-bond acceptors (Lipinski definition) is 4. The molecule has 0 saturated heterocycles. The van der Waals surface area contributed by atoms with Crippen molar-refractivity contribution in [2.45, 2.75) is 72.9 Å². The average Bonchev–Trinajstić information content (AvgIpc) is 2.80. The number of aryl methyl sites for hydroxylation is 1. The highest BCUT2D eigenvalue weighted by molar-refractivity contribution is 7.15. The van der Waals surface area contributed by atoms with Gasteiger partial charge >= 0.3 is 0 Å². The normalized spacial score (nSPS) is 11.9. The van der Waals surface area contributed by atoms with Gasteiger partial charge in [-0.3, -0.25) is 0 Å². The Bertz CT molecular complexity index is 393. The molecule has 20 heavy (non-hydrogen) atoms. The number of anilines is 1. The molecule has 0 aliphatic carbocycles. The lowest BCUT2D eigenvalue weighted by molar-refractivity contribution is 0.425. The van der Waals surface area contributed by atoms with Crippen LogP contribution in [-0.4, -0.2) is 23.6 Å². The Labute approximate surface area is 128 Å². The molecule has 0 saturated carbocycles. The third kappa shape index (κ3) is 5.41. The van der Waals surface area contributed by atoms with Gasteiger partial charge in [-0.25, -0.2) is 4.98 Å². The van der Waals surface area contributed by atoms with Crippen molar-refractivity contribution in [2.24, 2.45) is 0 Å². The van der Waals surface area contributed by atoms with Crippen molar-refractivity contribution >= 4 is 16.5 Å². The summed E-state index contributed by atoms with van der Waals surface area (Å²) in [7, 11) is 0. The molecule has 0 spiro atoms. The topological polar surface area (TPSA) is 28.2 Å². The van der Waals surface area contributed by atoms with Crippen molar-refractivity contribution in [1.82, 2.24) is 10.3 Å². The molecule has 4 heteroatoms. The van der Waals surface area contributed by atoms with Crippen LogP contribution in [0.3, 0.4) is 0 Å². The van der Waals surface area contributed by atoms with Crippen molar-refractivity contribution in [3.63, 3.8) is 0 Å². The fraction of sp³-hybridized carbons (Fsp3) is 0.812. The van der Waals surface area contributed by atoms with Crippen LogP contribution in [0.1, 0.15) is 65.0 Å². The van der Waals surface area contributed by atoms with Crippen LogP contribution >= 0.6 is 11.3 Å². The second-order valence-corrected chi connectivity index (χ2v) is 7.32. The van der Waals surface area contributed by atoms with Gasteiger partial charge in [-0.05, 0) is 40.5 Å². The molecule has 0 aliphatic rings. The summed E-state index contributed by atoms with van der Waals surface area (Å²) in [5, 5.41) is 4.78. The van der Waals surface area contributed by atoms with E-state index in [1.54, 1.807) is 0 Å². The lowest BCUT2D eigenvalue weighted by Gasteiger charge is -2.20. The number of nitrogens with one attached hydrogen (secondary N) is 1. The predicted octanol–water partition coefficient (Wildman–Crippen LogP) is 4.22. The molecule has 3 nitrogen and oxygen atoms in total. The Balaban J connectivity index is 2.81. The van der Waals surface area contributed by atoms with Crippen molar-refractivity contribution < 1.29 is 0 Å². The van der Waals surface area contributed by atoms with Crippen LogP contribution in [0.4, 0.5) is 5.13 Å². The first-order valence-electron chi connectivity index (χ1n) is 7.89. The van der Waals surface area contributed by atoms with Gasteiger partial charge in [0.25, 0.3) is 0 Å². The van der Waals surface area contributed by atoms with E-state index in [1.807, 2.05) is 11.3 Å². The number of rotatable bonds is 8. The molecule has 116 valence electrons. The van der Waals surface area contributed by atoms with Gasteiger partial charge in [0, 0.05) is 30.1 Å². The molecule has 0 bridgehead atoms. The number of hydrogen-bond donors (Lipinski definition) is 1. The van der Waals surface area contributed by atoms with E-state index >= 15 is 0 Å². The third-order valence-corrected chi connectivity index (χ3v) is 4.47. The van der Waals surface area contributed by atoms with Crippen LogP contribution in [0.15, 0.2) is 0 Å². The quantitative estimate of drug-likeness (QED) is 0.778. The molecule has 0 aliphatic heterocycles. The largest absolute Gasteiger partial charge is 0.348 e. The fourth-order valence-corrected chi connectivity index (χ4v) is 3.18. The highest BCUT2D eigenvalue weighted by atomic mass is 32.1. The van der Waals surface area contributed by atoms with Crippen LogP contribution in [0.5, 0.6) is 0 Å². The SMILES string of the molecule is CCCCN(CC)c1nc(CC)c(CNC(C)(C)C)s1. The summed E-state index contributed by atoms with van der Waals surface area (Å²) in [6, 6.07) is 0. The zero-order valence-electron chi connectivity index (χ0n) is 14.0. The maximum absolute atomic E-state index is 4.86. The van der Waals surface area contributed by atoms with E-state index in [4.69, 9.17) is 4.98 Å². The van der Waals surface area contributed by atoms with Crippen LogP contribution in [0.2, 0.25) is 0 Å². The first kappa shape index (κ1) is 17.4. The highest BCUT2D eigenvalue weighted by Crippen LogP contribution is 2.27. The number of unbranched alkanes of at least 4 members (excludes halogenated alkanes) is 1. The first-order chi connectivity index (χ1) is 9.41. The zero-order chi connectivity index (χ0) is 15.2. The van der Waals surface area contributed by atoms with Crippen molar-refractivity contribution in [3.8, 4) is 0 Å². The molecule has 0 aromatic carbocycles. The standard InChI is InChI=1S/C16H31N3S/c1-7-10-11-19(9-3)15-18-13(8-2)14(20-15)12-17-16(4,5)6/h17H,7-12H2,1-6H3. The second kappa shape index (κ2) is 7.99. The van der Waals surface area contributed by atoms with Gasteiger partial charge < -0.3 is 10.2 Å². The van der Waals surface area contributed by atoms with Gasteiger partial charge in [0.15, 0.2) is 5.13 Å². The van der Waals surface area contributed by atoms with Gasteiger partial charge in [0.05, 0.1) is 5.69 Å². The van der Waals surface area contributed by atoms with E-state index < -0.39 is 0 Å². The van der Waals surface area contributed by atoms with Crippen LogP contribution < -0.4 is 10.2 Å². The Morgan fingerprint density at radius 3 is 2.40 bits per heavy atom. The molecular formula is C16H31N3S. The molecule has 0 fully saturated rings. The van der Waals surface area contributed by atoms with Gasteiger partial charge in [-0.15, -0.1) is 11.3 Å². The molecular weight excluding hydrogens is 266 g/mol. The van der Waals surface area contributed by atoms with E-state index in [9.17, 15) is 0 Å². The van der Waals surface area contributed by atoms with Crippen molar-refractivity contribution in [2.75, 3.05) is 18.0 Å². The number of nitrogens with zero attached hydrogens (tertiary/aromatic N) is 2. The molecule has 1 N–H and O–H groups in total. The monoisotopic (exact) mass is 297 g/mol. The van der Waals surface area contributed by atoms with E-state index in [-0.39, 0.29) is 5.54 Å². The minimum atomic E-state index is 0.155. The van der Waals surface area contributed by atoms with Gasteiger partial charge in [-0.1, -0.05) is 20.3 Å². The lowest BCUT2D eigenvalue weighted by Crippen LogP contribution is -2.35. The summed E-state index contributed by atoms with van der Waals surface area (Å²) < 4.78 is 0. The Morgan fingerprint density at radius 1 is 1.20 bits per heavy atom. The summed E-state index contributed by atoms with van der Waals surface area (Å²) >= 11 is 1.86. The molecule has 0 radical (unpaired) electrons. The molecule has 1 aromatic heterocycles. The minimum absolute atomic E-state index is 0.155. The Hall–Kier alpha value is -0.610. The Morgan fingerprint density at radius 2 is 1.90 bits per heavy atom. The summed E-state index contributed by atoms with van der Waals surface area (Å²) in [6.45, 7) is 16.4. The minimum Gasteiger partial charge on any atom is -0.348 e. The molecule has 0 unspecified atom stereocenters.